The van der Waals surface area contributed by atoms with Gasteiger partial charge in [0.15, 0.2) is 0 Å². The van der Waals surface area contributed by atoms with Crippen LogP contribution in [0.4, 0.5) is 4.79 Å². The van der Waals surface area contributed by atoms with Crippen LogP contribution in [0.25, 0.3) is 0 Å². The van der Waals surface area contributed by atoms with Crippen LogP contribution in [-0.2, 0) is 14.7 Å². The third-order valence-electron chi connectivity index (χ3n) is 0.467. The summed E-state index contributed by atoms with van der Waals surface area (Å²) in [5.41, 5.74) is 1.38. The third-order valence-corrected chi connectivity index (χ3v) is 0.761. The number of nitrogens with one attached hydrogen (secondary N) is 2. The average Bonchev–Trinajstić information content (AvgIpc) is 1.81. The molecule has 0 bridgehead atoms. The largest absolute Gasteiger partial charge is 0.418 e. The van der Waals surface area contributed by atoms with Gasteiger partial charge in [0.1, 0.15) is 0 Å². The SMILES string of the molecule is CNC(=O)NOS(=O)(=O)O. The van der Waals surface area contributed by atoms with Gasteiger partial charge in [-0.1, -0.05) is 0 Å². The highest BCUT2D eigenvalue weighted by atomic mass is 32.3. The Hall–Kier alpha value is -0.860. The highest BCUT2D eigenvalue weighted by Crippen LogP contribution is 1.78. The summed E-state index contributed by atoms with van der Waals surface area (Å²) in [7, 11) is -3.35. The monoisotopic (exact) mass is 170 g/mol. The predicted molar refractivity (Wildman–Crippen MR) is 30.2 cm³/mol. The van der Waals surface area contributed by atoms with E-state index in [2.05, 4.69) is 4.28 Å². The molecule has 7 nitrogen and oxygen atoms in total. The Bertz CT molecular complexity index is 208. The number of hydrogen-bond donors (Lipinski definition) is 3. The Labute approximate surface area is 57.3 Å². The second-order valence-electron chi connectivity index (χ2n) is 1.19. The second-order valence-corrected chi connectivity index (χ2v) is 2.21. The van der Waals surface area contributed by atoms with Crippen molar-refractivity contribution in [3.05, 3.63) is 0 Å². The number of hydroxylamine groups is 1. The number of rotatable bonds is 2. The van der Waals surface area contributed by atoms with Gasteiger partial charge in [0.2, 0.25) is 0 Å². The quantitative estimate of drug-likeness (QED) is 0.351. The average molecular weight is 170 g/mol. The van der Waals surface area contributed by atoms with Gasteiger partial charge in [-0.05, 0) is 0 Å². The van der Waals surface area contributed by atoms with E-state index in [9.17, 15) is 13.2 Å². The normalized spacial score (nSPS) is 10.6. The minimum Gasteiger partial charge on any atom is -0.339 e. The maximum Gasteiger partial charge on any atom is 0.418 e. The summed E-state index contributed by atoms with van der Waals surface area (Å²) in [6.07, 6.45) is 0. The molecule has 2 amide bonds. The molecule has 0 heterocycles. The molecule has 0 spiro atoms. The zero-order valence-corrected chi connectivity index (χ0v) is 5.80. The van der Waals surface area contributed by atoms with Gasteiger partial charge in [0.05, 0.1) is 0 Å². The van der Waals surface area contributed by atoms with Crippen LogP contribution in [0, 0.1) is 0 Å². The summed E-state index contributed by atoms with van der Waals surface area (Å²) in [5.74, 6) is 0. The fourth-order valence-corrected chi connectivity index (χ4v) is 0.323. The molecule has 10 heavy (non-hydrogen) atoms. The van der Waals surface area contributed by atoms with Crippen LogP contribution in [0.15, 0.2) is 0 Å². The molecule has 0 radical (unpaired) electrons. The summed E-state index contributed by atoms with van der Waals surface area (Å²) in [6.45, 7) is 0. The predicted octanol–water partition coefficient (Wildman–Crippen LogP) is -1.35. The Balaban J connectivity index is 3.67. The first-order chi connectivity index (χ1) is 4.45. The molecular weight excluding hydrogens is 164 g/mol. The molecule has 0 unspecified atom stereocenters. The number of hydrogen-bond acceptors (Lipinski definition) is 4. The highest BCUT2D eigenvalue weighted by Gasteiger charge is 2.05. The molecule has 0 atom stereocenters. The molecule has 0 aliphatic carbocycles. The topological polar surface area (TPSA) is 105 Å². The lowest BCUT2D eigenvalue weighted by Crippen LogP contribution is -2.34. The fraction of sp³-hybridized carbons (Fsp3) is 0.500. The van der Waals surface area contributed by atoms with Crippen molar-refractivity contribution in [2.45, 2.75) is 0 Å². The van der Waals surface area contributed by atoms with Crippen LogP contribution in [0.2, 0.25) is 0 Å². The molecule has 8 heteroatoms. The van der Waals surface area contributed by atoms with Gasteiger partial charge in [0.25, 0.3) is 0 Å². The maximum atomic E-state index is 10.1. The molecule has 0 aliphatic rings. The van der Waals surface area contributed by atoms with E-state index >= 15 is 0 Å². The summed E-state index contributed by atoms with van der Waals surface area (Å²) in [4.78, 5) is 10.1. The molecule has 3 N–H and O–H groups in total. The number of amides is 2. The van der Waals surface area contributed by atoms with Crippen LogP contribution < -0.4 is 10.8 Å². The van der Waals surface area contributed by atoms with Crippen molar-refractivity contribution in [3.8, 4) is 0 Å². The first-order valence-electron chi connectivity index (χ1n) is 2.09. The molecule has 0 fully saturated rings. The number of carbonyl (C=O) groups excluding carboxylic acids is 1. The van der Waals surface area contributed by atoms with E-state index in [0.29, 0.717) is 0 Å². The number of urea groups is 1. The van der Waals surface area contributed by atoms with Crippen molar-refractivity contribution >= 4 is 16.4 Å². The molecule has 0 saturated carbocycles. The fourth-order valence-electron chi connectivity index (χ4n) is 0.142. The molecule has 0 aromatic heterocycles. The van der Waals surface area contributed by atoms with E-state index in [1.54, 1.807) is 0 Å². The minimum absolute atomic E-state index is 0.877. The van der Waals surface area contributed by atoms with Crippen molar-refractivity contribution in [1.82, 2.24) is 10.8 Å². The maximum absolute atomic E-state index is 10.1. The molecule has 60 valence electrons. The molecule has 0 rings (SSSR count). The van der Waals surface area contributed by atoms with E-state index in [1.165, 1.54) is 12.5 Å². The van der Waals surface area contributed by atoms with E-state index in [-0.39, 0.29) is 0 Å². The summed E-state index contributed by atoms with van der Waals surface area (Å²) < 4.78 is 30.8. The smallest absolute Gasteiger partial charge is 0.339 e. The van der Waals surface area contributed by atoms with E-state index in [0.717, 1.165) is 0 Å². The minimum atomic E-state index is -4.60. The van der Waals surface area contributed by atoms with Crippen LogP contribution in [0.3, 0.4) is 0 Å². The third kappa shape index (κ3) is 5.28. The van der Waals surface area contributed by atoms with E-state index < -0.39 is 16.4 Å². The van der Waals surface area contributed by atoms with Gasteiger partial charge in [-0.2, -0.15) is 13.9 Å². The lowest BCUT2D eigenvalue weighted by Gasteiger charge is -1.98. The molecule has 0 aromatic rings. The summed E-state index contributed by atoms with van der Waals surface area (Å²) in [6, 6.07) is -0.877. The molecule has 0 aromatic carbocycles. The van der Waals surface area contributed by atoms with Crippen molar-refractivity contribution in [2.24, 2.45) is 0 Å². The van der Waals surface area contributed by atoms with Gasteiger partial charge >= 0.3 is 16.4 Å². The van der Waals surface area contributed by atoms with E-state index in [4.69, 9.17) is 4.55 Å². The molecular formula is C2H6N2O5S. The summed E-state index contributed by atoms with van der Waals surface area (Å²) >= 11 is 0. The van der Waals surface area contributed by atoms with Gasteiger partial charge in [0, 0.05) is 7.05 Å². The van der Waals surface area contributed by atoms with E-state index in [1.807, 2.05) is 5.32 Å². The highest BCUT2D eigenvalue weighted by molar-refractivity contribution is 7.80. The van der Waals surface area contributed by atoms with Gasteiger partial charge in [-0.25, -0.2) is 4.79 Å². The van der Waals surface area contributed by atoms with Gasteiger partial charge < -0.3 is 5.32 Å². The lowest BCUT2D eigenvalue weighted by molar-refractivity contribution is 0.168. The van der Waals surface area contributed by atoms with Crippen molar-refractivity contribution in [2.75, 3.05) is 7.05 Å². The Kier molecular flexibility index (Phi) is 3.06. The van der Waals surface area contributed by atoms with Crippen LogP contribution in [0.5, 0.6) is 0 Å². The summed E-state index contributed by atoms with van der Waals surface area (Å²) in [5, 5.41) is 1.99. The van der Waals surface area contributed by atoms with Crippen molar-refractivity contribution in [1.29, 1.82) is 0 Å². The molecule has 0 aliphatic heterocycles. The standard InChI is InChI=1S/C2H6N2O5S/c1-3-2(5)4-9-10(6,7)8/h1H3,(H2,3,4,5)(H,6,7,8). The lowest BCUT2D eigenvalue weighted by atomic mass is 11.0. The molecule has 0 saturated heterocycles. The van der Waals surface area contributed by atoms with Crippen LogP contribution in [0.1, 0.15) is 0 Å². The van der Waals surface area contributed by atoms with Crippen molar-refractivity contribution in [3.63, 3.8) is 0 Å². The zero-order chi connectivity index (χ0) is 8.20. The zero-order valence-electron chi connectivity index (χ0n) is 4.99. The van der Waals surface area contributed by atoms with Crippen molar-refractivity contribution < 1.29 is 22.0 Å². The Morgan fingerprint density at radius 1 is 1.60 bits per heavy atom. The van der Waals surface area contributed by atoms with Gasteiger partial charge in [-0.3, -0.25) is 4.55 Å². The first kappa shape index (κ1) is 9.14. The van der Waals surface area contributed by atoms with Crippen LogP contribution in [-0.4, -0.2) is 26.0 Å². The first-order valence-corrected chi connectivity index (χ1v) is 3.46. The second kappa shape index (κ2) is 3.34. The Morgan fingerprint density at radius 2 is 2.10 bits per heavy atom. The van der Waals surface area contributed by atoms with Crippen LogP contribution >= 0.6 is 0 Å². The van der Waals surface area contributed by atoms with Gasteiger partial charge in [-0.15, -0.1) is 4.28 Å². The number of carbonyl (C=O) groups is 1. The Morgan fingerprint density at radius 3 is 2.40 bits per heavy atom.